The van der Waals surface area contributed by atoms with Gasteiger partial charge in [0, 0.05) is 54.9 Å². The minimum absolute atomic E-state index is 0.0849. The first-order chi connectivity index (χ1) is 17.5. The van der Waals surface area contributed by atoms with Crippen molar-refractivity contribution >= 4 is 23.2 Å². The number of imidazole rings is 1. The van der Waals surface area contributed by atoms with Crippen molar-refractivity contribution in [2.24, 2.45) is 11.8 Å². The standard InChI is InChI=1S/C29H31ClN4O2/c1-21-11-12-23(22(2)29(21)36-27-9-4-3-5-10-27)17-33-20-31-16-26(33)18-32-13-14-34(28(35)19-32)25-8-6-7-24(30)15-25/h3-12,15-16,20,22-23H,13-14,17-19H2,1-2H3. The molecule has 0 spiro atoms. The van der Waals surface area contributed by atoms with Gasteiger partial charge in [-0.15, -0.1) is 0 Å². The number of rotatable bonds is 7. The molecule has 2 atom stereocenters. The van der Waals surface area contributed by atoms with Gasteiger partial charge in [-0.05, 0) is 42.8 Å². The van der Waals surface area contributed by atoms with Crippen LogP contribution in [0.4, 0.5) is 5.69 Å². The summed E-state index contributed by atoms with van der Waals surface area (Å²) < 4.78 is 8.50. The van der Waals surface area contributed by atoms with E-state index >= 15 is 0 Å². The molecule has 7 heteroatoms. The third kappa shape index (κ3) is 5.40. The average molecular weight is 503 g/mol. The molecule has 2 unspecified atom stereocenters. The summed E-state index contributed by atoms with van der Waals surface area (Å²) >= 11 is 6.13. The number of anilines is 1. The first-order valence-corrected chi connectivity index (χ1v) is 12.7. The number of aromatic nitrogens is 2. The van der Waals surface area contributed by atoms with Crippen LogP contribution in [0, 0.1) is 11.8 Å². The maximum Gasteiger partial charge on any atom is 0.241 e. The van der Waals surface area contributed by atoms with E-state index in [1.54, 1.807) is 0 Å². The first-order valence-electron chi connectivity index (χ1n) is 12.4. The fourth-order valence-electron chi connectivity index (χ4n) is 4.95. The lowest BCUT2D eigenvalue weighted by Crippen LogP contribution is -2.50. The molecule has 5 rings (SSSR count). The third-order valence-electron chi connectivity index (χ3n) is 7.02. The van der Waals surface area contributed by atoms with Gasteiger partial charge >= 0.3 is 0 Å². The summed E-state index contributed by atoms with van der Waals surface area (Å²) in [6, 6.07) is 17.4. The van der Waals surface area contributed by atoms with E-state index in [9.17, 15) is 4.79 Å². The average Bonchev–Trinajstić information content (AvgIpc) is 3.30. The number of carbonyl (C=O) groups excluding carboxylic acids is 1. The highest BCUT2D eigenvalue weighted by molar-refractivity contribution is 6.30. The lowest BCUT2D eigenvalue weighted by Gasteiger charge is -2.34. The fraction of sp³-hybridized carbons (Fsp3) is 0.310. The van der Waals surface area contributed by atoms with Crippen molar-refractivity contribution in [2.45, 2.75) is 26.9 Å². The zero-order valence-corrected chi connectivity index (χ0v) is 21.4. The van der Waals surface area contributed by atoms with Crippen molar-refractivity contribution in [3.63, 3.8) is 0 Å². The van der Waals surface area contributed by atoms with Crippen LogP contribution >= 0.6 is 11.6 Å². The van der Waals surface area contributed by atoms with Crippen molar-refractivity contribution in [1.82, 2.24) is 14.5 Å². The maximum absolute atomic E-state index is 12.9. The van der Waals surface area contributed by atoms with Crippen LogP contribution in [0.5, 0.6) is 5.75 Å². The van der Waals surface area contributed by atoms with Crippen LogP contribution in [0.25, 0.3) is 0 Å². The second-order valence-corrected chi connectivity index (χ2v) is 9.98. The lowest BCUT2D eigenvalue weighted by molar-refractivity contribution is -0.121. The predicted molar refractivity (Wildman–Crippen MR) is 143 cm³/mol. The summed E-state index contributed by atoms with van der Waals surface area (Å²) in [5, 5.41) is 0.639. The van der Waals surface area contributed by atoms with Crippen LogP contribution in [0.2, 0.25) is 5.02 Å². The number of benzene rings is 2. The van der Waals surface area contributed by atoms with Crippen molar-refractivity contribution in [3.8, 4) is 5.75 Å². The number of allylic oxidation sites excluding steroid dienone is 4. The number of halogens is 1. The van der Waals surface area contributed by atoms with Crippen LogP contribution in [-0.4, -0.2) is 40.0 Å². The Morgan fingerprint density at radius 1 is 1.11 bits per heavy atom. The van der Waals surface area contributed by atoms with E-state index in [1.807, 2.05) is 72.0 Å². The Labute approximate surface area is 217 Å². The SMILES string of the molecule is CC1=C(Oc2ccccc2)C(C)C(Cn2cncc2CN2CCN(c3cccc(Cl)c3)C(=O)C2)C=C1. The molecule has 1 amide bonds. The highest BCUT2D eigenvalue weighted by atomic mass is 35.5. The van der Waals surface area contributed by atoms with Crippen molar-refractivity contribution < 1.29 is 9.53 Å². The van der Waals surface area contributed by atoms with Gasteiger partial charge in [-0.25, -0.2) is 4.98 Å². The van der Waals surface area contributed by atoms with Crippen LogP contribution in [0.3, 0.4) is 0 Å². The minimum atomic E-state index is 0.0849. The van der Waals surface area contributed by atoms with Gasteiger partial charge in [-0.3, -0.25) is 9.69 Å². The Kier molecular flexibility index (Phi) is 7.25. The molecule has 2 aliphatic rings. The molecule has 1 aliphatic heterocycles. The van der Waals surface area contributed by atoms with Gasteiger partial charge in [0.25, 0.3) is 0 Å². The number of amides is 1. The van der Waals surface area contributed by atoms with E-state index in [0.29, 0.717) is 24.7 Å². The lowest BCUT2D eigenvalue weighted by atomic mass is 9.85. The number of carbonyl (C=O) groups is 1. The molecule has 0 N–H and O–H groups in total. The summed E-state index contributed by atoms with van der Waals surface area (Å²) in [5.41, 5.74) is 3.12. The van der Waals surface area contributed by atoms with Gasteiger partial charge in [0.15, 0.2) is 0 Å². The quantitative estimate of drug-likeness (QED) is 0.424. The molecule has 1 aromatic heterocycles. The van der Waals surface area contributed by atoms with Crippen LogP contribution in [0.1, 0.15) is 19.5 Å². The van der Waals surface area contributed by atoms with Gasteiger partial charge in [0.05, 0.1) is 18.6 Å². The van der Waals surface area contributed by atoms with Gasteiger partial charge in [0.2, 0.25) is 5.91 Å². The molecular formula is C29H31ClN4O2. The number of nitrogens with zero attached hydrogens (tertiary/aromatic N) is 4. The van der Waals surface area contributed by atoms with Gasteiger partial charge in [0.1, 0.15) is 11.5 Å². The molecule has 1 fully saturated rings. The van der Waals surface area contributed by atoms with E-state index in [-0.39, 0.29) is 17.7 Å². The number of para-hydroxylation sites is 1. The zero-order valence-electron chi connectivity index (χ0n) is 20.7. The van der Waals surface area contributed by atoms with Crippen LogP contribution in [0.15, 0.2) is 90.6 Å². The van der Waals surface area contributed by atoms with Crippen LogP contribution in [-0.2, 0) is 17.9 Å². The van der Waals surface area contributed by atoms with E-state index in [4.69, 9.17) is 16.3 Å². The zero-order chi connectivity index (χ0) is 25.1. The Morgan fingerprint density at radius 2 is 1.94 bits per heavy atom. The van der Waals surface area contributed by atoms with E-state index in [0.717, 1.165) is 41.6 Å². The normalized spacial score (nSPS) is 20.8. The van der Waals surface area contributed by atoms with Gasteiger partial charge in [-0.2, -0.15) is 0 Å². The number of hydrogen-bond acceptors (Lipinski definition) is 4. The van der Waals surface area contributed by atoms with Gasteiger partial charge in [-0.1, -0.05) is 54.9 Å². The number of ether oxygens (including phenoxy) is 1. The summed E-state index contributed by atoms with van der Waals surface area (Å²) in [5.74, 6) is 2.47. The van der Waals surface area contributed by atoms with E-state index in [2.05, 4.69) is 40.5 Å². The molecule has 0 radical (unpaired) electrons. The Morgan fingerprint density at radius 3 is 2.72 bits per heavy atom. The molecule has 1 aliphatic carbocycles. The molecule has 0 bridgehead atoms. The maximum atomic E-state index is 12.9. The highest BCUT2D eigenvalue weighted by Gasteiger charge is 2.28. The molecule has 36 heavy (non-hydrogen) atoms. The second kappa shape index (κ2) is 10.7. The molecule has 2 aromatic carbocycles. The van der Waals surface area contributed by atoms with E-state index < -0.39 is 0 Å². The third-order valence-corrected chi connectivity index (χ3v) is 7.26. The Balaban J connectivity index is 1.22. The molecule has 1 saturated heterocycles. The monoisotopic (exact) mass is 502 g/mol. The van der Waals surface area contributed by atoms with Gasteiger partial charge < -0.3 is 14.2 Å². The largest absolute Gasteiger partial charge is 0.461 e. The topological polar surface area (TPSA) is 50.6 Å². The predicted octanol–water partition coefficient (Wildman–Crippen LogP) is 5.56. The minimum Gasteiger partial charge on any atom is -0.461 e. The van der Waals surface area contributed by atoms with E-state index in [1.165, 1.54) is 0 Å². The highest BCUT2D eigenvalue weighted by Crippen LogP contribution is 2.33. The Bertz CT molecular complexity index is 1280. The molecule has 6 nitrogen and oxygen atoms in total. The molecular weight excluding hydrogens is 472 g/mol. The number of hydrogen-bond donors (Lipinski definition) is 0. The summed E-state index contributed by atoms with van der Waals surface area (Å²) in [4.78, 5) is 21.3. The molecule has 2 heterocycles. The molecule has 0 saturated carbocycles. The summed E-state index contributed by atoms with van der Waals surface area (Å²) in [6.07, 6.45) is 8.23. The van der Waals surface area contributed by atoms with Crippen LogP contribution < -0.4 is 9.64 Å². The van der Waals surface area contributed by atoms with Crippen molar-refractivity contribution in [2.75, 3.05) is 24.5 Å². The number of piperazine rings is 1. The fourth-order valence-corrected chi connectivity index (χ4v) is 5.14. The van der Waals surface area contributed by atoms with Crippen molar-refractivity contribution in [3.05, 3.63) is 101 Å². The van der Waals surface area contributed by atoms with Crippen molar-refractivity contribution in [1.29, 1.82) is 0 Å². The summed E-state index contributed by atoms with van der Waals surface area (Å²) in [6.45, 7) is 7.61. The Hall–Kier alpha value is -3.35. The molecule has 186 valence electrons. The first kappa shape index (κ1) is 24.3. The second-order valence-electron chi connectivity index (χ2n) is 9.55. The summed E-state index contributed by atoms with van der Waals surface area (Å²) in [7, 11) is 0. The smallest absolute Gasteiger partial charge is 0.241 e. The molecule has 3 aromatic rings.